The van der Waals surface area contributed by atoms with Gasteiger partial charge < -0.3 is 19.5 Å². The van der Waals surface area contributed by atoms with Crippen molar-refractivity contribution in [3.63, 3.8) is 0 Å². The molecule has 27 heavy (non-hydrogen) atoms. The minimum atomic E-state index is -4.94. The Hall–Kier alpha value is -2.45. The zero-order chi connectivity index (χ0) is 20.0. The van der Waals surface area contributed by atoms with Gasteiger partial charge in [0.25, 0.3) is 5.91 Å². The Kier molecular flexibility index (Phi) is 4.52. The number of nitrogens with zero attached hydrogens (tertiary/aromatic N) is 1. The van der Waals surface area contributed by atoms with Crippen LogP contribution < -0.4 is 9.47 Å². The Morgan fingerprint density at radius 3 is 2.63 bits per heavy atom. The first-order chi connectivity index (χ1) is 12.5. The van der Waals surface area contributed by atoms with Crippen LogP contribution in [0, 0.1) is 5.41 Å². The molecule has 2 aliphatic rings. The summed E-state index contributed by atoms with van der Waals surface area (Å²) in [6, 6.07) is 5.25. The van der Waals surface area contributed by atoms with E-state index in [4.69, 9.17) is 14.6 Å². The van der Waals surface area contributed by atoms with Gasteiger partial charge in [0.1, 0.15) is 5.60 Å². The van der Waals surface area contributed by atoms with Crippen LogP contribution in [0.25, 0.3) is 0 Å². The summed E-state index contributed by atoms with van der Waals surface area (Å²) in [6.45, 7) is 2.13. The van der Waals surface area contributed by atoms with Crippen molar-refractivity contribution in [1.29, 1.82) is 0 Å². The zero-order valence-electron chi connectivity index (χ0n) is 14.9. The van der Waals surface area contributed by atoms with Gasteiger partial charge in [0.05, 0.1) is 0 Å². The predicted octanol–water partition coefficient (Wildman–Crippen LogP) is 2.64. The van der Waals surface area contributed by atoms with Crippen LogP contribution in [-0.2, 0) is 16.0 Å². The number of ether oxygens (including phenoxy) is 2. The third-order valence-electron chi connectivity index (χ3n) is 4.98. The van der Waals surface area contributed by atoms with E-state index in [0.717, 1.165) is 10.5 Å². The molecule has 0 aliphatic carbocycles. The number of benzene rings is 1. The van der Waals surface area contributed by atoms with Gasteiger partial charge in [0, 0.05) is 25.1 Å². The molecular formula is C18H20F3NO5. The second-order valence-corrected chi connectivity index (χ2v) is 7.52. The van der Waals surface area contributed by atoms with E-state index in [0.29, 0.717) is 17.9 Å². The van der Waals surface area contributed by atoms with E-state index in [9.17, 15) is 22.8 Å². The highest BCUT2D eigenvalue weighted by molar-refractivity contribution is 5.82. The summed E-state index contributed by atoms with van der Waals surface area (Å²) >= 11 is 0. The van der Waals surface area contributed by atoms with Gasteiger partial charge in [-0.25, -0.2) is 0 Å². The second-order valence-electron chi connectivity index (χ2n) is 7.52. The molecule has 0 saturated carbocycles. The molecule has 2 aliphatic heterocycles. The first kappa shape index (κ1) is 19.3. The van der Waals surface area contributed by atoms with Crippen LogP contribution in [0.15, 0.2) is 18.2 Å². The van der Waals surface area contributed by atoms with Crippen LogP contribution in [0.1, 0.15) is 25.8 Å². The minimum absolute atomic E-state index is 0.287. The third-order valence-corrected chi connectivity index (χ3v) is 4.98. The van der Waals surface area contributed by atoms with E-state index in [2.05, 4.69) is 0 Å². The first-order valence-electron chi connectivity index (χ1n) is 8.47. The van der Waals surface area contributed by atoms with E-state index in [-0.39, 0.29) is 6.54 Å². The Labute approximate surface area is 153 Å². The summed E-state index contributed by atoms with van der Waals surface area (Å²) in [5, 5.41) is 9.06. The highest BCUT2D eigenvalue weighted by Crippen LogP contribution is 2.46. The number of hydrogen-bond donors (Lipinski definition) is 1. The highest BCUT2D eigenvalue weighted by Gasteiger charge is 2.64. The van der Waals surface area contributed by atoms with E-state index < -0.39 is 48.6 Å². The lowest BCUT2D eigenvalue weighted by Gasteiger charge is -2.27. The van der Waals surface area contributed by atoms with Crippen molar-refractivity contribution in [2.24, 2.45) is 5.41 Å². The number of carboxylic acid groups (broad SMARTS) is 1. The summed E-state index contributed by atoms with van der Waals surface area (Å²) in [5.74, 6) is -1.81. The molecule has 9 heteroatoms. The number of carboxylic acids is 1. The van der Waals surface area contributed by atoms with E-state index in [1.165, 1.54) is 0 Å². The Morgan fingerprint density at radius 2 is 2.04 bits per heavy atom. The Balaban J connectivity index is 1.67. The van der Waals surface area contributed by atoms with Crippen molar-refractivity contribution >= 4 is 11.9 Å². The molecule has 0 bridgehead atoms. The molecule has 1 aromatic carbocycles. The van der Waals surface area contributed by atoms with Crippen LogP contribution in [0.2, 0.25) is 0 Å². The van der Waals surface area contributed by atoms with Gasteiger partial charge in [-0.2, -0.15) is 13.2 Å². The largest absolute Gasteiger partial charge is 0.483 e. The van der Waals surface area contributed by atoms with Crippen LogP contribution in [0.3, 0.4) is 0 Å². The van der Waals surface area contributed by atoms with Gasteiger partial charge in [0.15, 0.2) is 23.5 Å². The average Bonchev–Trinajstić information content (AvgIpc) is 3.12. The van der Waals surface area contributed by atoms with Crippen molar-refractivity contribution in [1.82, 2.24) is 4.90 Å². The number of fused-ring (bicyclic) bond motifs is 1. The maximum absolute atomic E-state index is 13.2. The summed E-state index contributed by atoms with van der Waals surface area (Å²) in [6.07, 6.45) is -4.93. The van der Waals surface area contributed by atoms with Gasteiger partial charge in [0.2, 0.25) is 0 Å². The summed E-state index contributed by atoms with van der Waals surface area (Å²) in [4.78, 5) is 24.4. The van der Waals surface area contributed by atoms with Gasteiger partial charge in [-0.05, 0) is 26.3 Å². The number of hydrogen-bond acceptors (Lipinski definition) is 4. The SMILES string of the molecule is CC1(C)Cc2cccc(OCC(=O)N3CCC(C(=O)O)(C(F)(F)F)C3)c2O1. The fourth-order valence-electron chi connectivity index (χ4n) is 3.48. The topological polar surface area (TPSA) is 76.1 Å². The van der Waals surface area contributed by atoms with Crippen LogP contribution in [0.4, 0.5) is 13.2 Å². The second kappa shape index (κ2) is 6.31. The molecular weight excluding hydrogens is 367 g/mol. The quantitative estimate of drug-likeness (QED) is 0.860. The average molecular weight is 387 g/mol. The lowest BCUT2D eigenvalue weighted by atomic mass is 9.86. The molecule has 1 unspecified atom stereocenters. The van der Waals surface area contributed by atoms with Gasteiger partial charge >= 0.3 is 12.1 Å². The van der Waals surface area contributed by atoms with Crippen LogP contribution in [-0.4, -0.2) is 53.4 Å². The van der Waals surface area contributed by atoms with Crippen molar-refractivity contribution in [3.8, 4) is 11.5 Å². The lowest BCUT2D eigenvalue weighted by molar-refractivity contribution is -0.227. The third kappa shape index (κ3) is 3.42. The number of likely N-dealkylation sites (tertiary alicyclic amines) is 1. The number of carbonyl (C=O) groups is 2. The summed E-state index contributed by atoms with van der Waals surface area (Å²) < 4.78 is 50.9. The molecule has 1 amide bonds. The van der Waals surface area contributed by atoms with Gasteiger partial charge in [-0.1, -0.05) is 12.1 Å². The van der Waals surface area contributed by atoms with Crippen LogP contribution >= 0.6 is 0 Å². The molecule has 3 rings (SSSR count). The molecule has 2 heterocycles. The molecule has 1 atom stereocenters. The summed E-state index contributed by atoms with van der Waals surface area (Å²) in [5.41, 5.74) is -2.41. The molecule has 148 valence electrons. The fourth-order valence-corrected chi connectivity index (χ4v) is 3.48. The summed E-state index contributed by atoms with van der Waals surface area (Å²) in [7, 11) is 0. The minimum Gasteiger partial charge on any atom is -0.483 e. The van der Waals surface area contributed by atoms with Crippen LogP contribution in [0.5, 0.6) is 11.5 Å². The standard InChI is InChI=1S/C18H20F3NO5/c1-16(2)8-11-4-3-5-12(14(11)27-16)26-9-13(23)22-7-6-17(10-22,15(24)25)18(19,20)21/h3-5H,6-10H2,1-2H3,(H,24,25). The number of amides is 1. The predicted molar refractivity (Wildman–Crippen MR) is 87.7 cm³/mol. The molecule has 6 nitrogen and oxygen atoms in total. The molecule has 1 N–H and O–H groups in total. The first-order valence-corrected chi connectivity index (χ1v) is 8.47. The van der Waals surface area contributed by atoms with E-state index in [1.54, 1.807) is 12.1 Å². The number of rotatable bonds is 4. The molecule has 0 spiro atoms. The molecule has 1 saturated heterocycles. The molecule has 1 fully saturated rings. The molecule has 0 aromatic heterocycles. The number of halogens is 3. The normalized spacial score (nSPS) is 23.7. The van der Waals surface area contributed by atoms with Crippen molar-refractivity contribution in [3.05, 3.63) is 23.8 Å². The monoisotopic (exact) mass is 387 g/mol. The fraction of sp³-hybridized carbons (Fsp3) is 0.556. The number of para-hydroxylation sites is 1. The lowest BCUT2D eigenvalue weighted by Crippen LogP contribution is -2.48. The van der Waals surface area contributed by atoms with E-state index >= 15 is 0 Å². The Morgan fingerprint density at radius 1 is 1.33 bits per heavy atom. The number of carbonyl (C=O) groups excluding carboxylic acids is 1. The van der Waals surface area contributed by atoms with Crippen molar-refractivity contribution in [2.45, 2.75) is 38.5 Å². The zero-order valence-corrected chi connectivity index (χ0v) is 14.9. The number of aliphatic carboxylic acids is 1. The van der Waals surface area contributed by atoms with Gasteiger partial charge in [-0.15, -0.1) is 0 Å². The Bertz CT molecular complexity index is 777. The molecule has 0 radical (unpaired) electrons. The van der Waals surface area contributed by atoms with Crippen molar-refractivity contribution in [2.75, 3.05) is 19.7 Å². The van der Waals surface area contributed by atoms with Gasteiger partial charge in [-0.3, -0.25) is 9.59 Å². The number of alkyl halides is 3. The van der Waals surface area contributed by atoms with E-state index in [1.807, 2.05) is 19.9 Å². The maximum atomic E-state index is 13.2. The maximum Gasteiger partial charge on any atom is 0.406 e. The smallest absolute Gasteiger partial charge is 0.406 e. The van der Waals surface area contributed by atoms with Crippen molar-refractivity contribution < 1.29 is 37.3 Å². The molecule has 1 aromatic rings. The highest BCUT2D eigenvalue weighted by atomic mass is 19.4.